The van der Waals surface area contributed by atoms with Gasteiger partial charge in [-0.15, -0.1) is 0 Å². The van der Waals surface area contributed by atoms with Crippen LogP contribution in [0, 0.1) is 0 Å². The summed E-state index contributed by atoms with van der Waals surface area (Å²) in [4.78, 5) is 77.9. The van der Waals surface area contributed by atoms with Crippen molar-refractivity contribution in [2.45, 2.75) is 56.5 Å². The van der Waals surface area contributed by atoms with Crippen LogP contribution in [-0.4, -0.2) is 86.0 Å². The molecule has 1 aromatic rings. The lowest BCUT2D eigenvalue weighted by Gasteiger charge is -2.25. The summed E-state index contributed by atoms with van der Waals surface area (Å²) < 4.78 is 0. The summed E-state index contributed by atoms with van der Waals surface area (Å²) in [5.74, 6) is -6.35. The second kappa shape index (κ2) is 12.9. The van der Waals surface area contributed by atoms with Gasteiger partial charge in [0.25, 0.3) is 0 Å². The Labute approximate surface area is 193 Å². The Hall–Kier alpha value is -4.05. The highest BCUT2D eigenvalue weighted by Gasteiger charge is 2.33. The van der Waals surface area contributed by atoms with E-state index >= 15 is 0 Å². The van der Waals surface area contributed by atoms with Crippen LogP contribution < -0.4 is 33.2 Å². The molecule has 16 nitrogen and oxygen atoms in total. The Kier molecular flexibility index (Phi) is 10.6. The Morgan fingerprint density at radius 1 is 0.971 bits per heavy atom. The molecule has 0 aliphatic carbocycles. The standard InChI is InChI=1S/C18H28N8O8/c1-7(27)14(18(33)34)26-17(32)10(2-8-5-22-6-23-8)25-16(31)11(4-13(21)29)24-15(30)9(19)3-12(20)28/h5-7,9-11,14,27H,2-4,19H2,1H3,(H2,20,28)(H2,21,29)(H,22,23)(H,24,30)(H,25,31)(H,26,32)(H,33,34). The van der Waals surface area contributed by atoms with Crippen molar-refractivity contribution < 1.29 is 39.0 Å². The third-order valence-corrected chi connectivity index (χ3v) is 4.45. The molecule has 12 N–H and O–H groups in total. The molecule has 5 amide bonds. The summed E-state index contributed by atoms with van der Waals surface area (Å²) in [5.41, 5.74) is 16.0. The number of carboxylic acids is 1. The predicted molar refractivity (Wildman–Crippen MR) is 113 cm³/mol. The van der Waals surface area contributed by atoms with Gasteiger partial charge in [-0.2, -0.15) is 0 Å². The van der Waals surface area contributed by atoms with Crippen molar-refractivity contribution in [1.29, 1.82) is 0 Å². The number of aliphatic hydroxyl groups is 1. The average molecular weight is 484 g/mol. The van der Waals surface area contributed by atoms with Gasteiger partial charge in [0, 0.05) is 18.3 Å². The van der Waals surface area contributed by atoms with E-state index in [2.05, 4.69) is 25.9 Å². The van der Waals surface area contributed by atoms with Crippen LogP contribution >= 0.6 is 0 Å². The van der Waals surface area contributed by atoms with Crippen LogP contribution in [0.5, 0.6) is 0 Å². The van der Waals surface area contributed by atoms with Gasteiger partial charge in [0.2, 0.25) is 29.5 Å². The van der Waals surface area contributed by atoms with Crippen molar-refractivity contribution >= 4 is 35.5 Å². The monoisotopic (exact) mass is 484 g/mol. The van der Waals surface area contributed by atoms with Gasteiger partial charge >= 0.3 is 5.97 Å². The van der Waals surface area contributed by atoms with Crippen molar-refractivity contribution in [3.8, 4) is 0 Å². The fourth-order valence-electron chi connectivity index (χ4n) is 2.74. The molecule has 34 heavy (non-hydrogen) atoms. The number of carbonyl (C=O) groups excluding carboxylic acids is 5. The Morgan fingerprint density at radius 3 is 2.00 bits per heavy atom. The van der Waals surface area contributed by atoms with E-state index in [-0.39, 0.29) is 6.42 Å². The number of rotatable bonds is 14. The van der Waals surface area contributed by atoms with Crippen molar-refractivity contribution in [3.63, 3.8) is 0 Å². The van der Waals surface area contributed by atoms with E-state index in [1.807, 2.05) is 0 Å². The lowest BCUT2D eigenvalue weighted by Crippen LogP contribution is -2.59. The maximum absolute atomic E-state index is 12.8. The zero-order valence-electron chi connectivity index (χ0n) is 18.2. The van der Waals surface area contributed by atoms with Crippen LogP contribution in [0.2, 0.25) is 0 Å². The Balaban J connectivity index is 3.08. The van der Waals surface area contributed by atoms with Gasteiger partial charge in [0.1, 0.15) is 12.1 Å². The van der Waals surface area contributed by atoms with E-state index in [0.29, 0.717) is 5.69 Å². The highest BCUT2D eigenvalue weighted by molar-refractivity contribution is 5.97. The lowest BCUT2D eigenvalue weighted by molar-refractivity contribution is -0.145. The van der Waals surface area contributed by atoms with E-state index in [1.165, 1.54) is 12.5 Å². The predicted octanol–water partition coefficient (Wildman–Crippen LogP) is -5.05. The number of aliphatic hydroxyl groups excluding tert-OH is 1. The molecule has 0 fully saturated rings. The van der Waals surface area contributed by atoms with Gasteiger partial charge in [0.15, 0.2) is 6.04 Å². The summed E-state index contributed by atoms with van der Waals surface area (Å²) >= 11 is 0. The van der Waals surface area contributed by atoms with Gasteiger partial charge in [-0.25, -0.2) is 9.78 Å². The van der Waals surface area contributed by atoms with E-state index in [4.69, 9.17) is 17.2 Å². The molecule has 5 atom stereocenters. The van der Waals surface area contributed by atoms with Gasteiger partial charge < -0.3 is 48.3 Å². The summed E-state index contributed by atoms with van der Waals surface area (Å²) in [5, 5.41) is 25.4. The van der Waals surface area contributed by atoms with Crippen molar-refractivity contribution in [3.05, 3.63) is 18.2 Å². The van der Waals surface area contributed by atoms with Gasteiger partial charge in [0.05, 0.1) is 31.3 Å². The molecule has 0 aromatic carbocycles. The third kappa shape index (κ3) is 9.21. The summed E-state index contributed by atoms with van der Waals surface area (Å²) in [6, 6.07) is -6.08. The first-order valence-corrected chi connectivity index (χ1v) is 9.93. The number of nitrogens with zero attached hydrogens (tertiary/aromatic N) is 1. The highest BCUT2D eigenvalue weighted by Crippen LogP contribution is 2.04. The number of hydrogen-bond acceptors (Lipinski definition) is 9. The SMILES string of the molecule is CC(O)C(NC(=O)C(Cc1cnc[nH]1)NC(=O)C(CC(N)=O)NC(=O)C(N)CC(N)=O)C(=O)O. The van der Waals surface area contributed by atoms with Crippen molar-refractivity contribution in [2.75, 3.05) is 0 Å². The van der Waals surface area contributed by atoms with E-state index in [9.17, 15) is 39.0 Å². The number of H-pyrrole nitrogens is 1. The molecule has 1 rings (SSSR count). The number of nitrogens with one attached hydrogen (secondary N) is 4. The Bertz CT molecular complexity index is 904. The molecule has 188 valence electrons. The number of primary amides is 2. The zero-order valence-corrected chi connectivity index (χ0v) is 18.2. The molecule has 0 spiro atoms. The maximum Gasteiger partial charge on any atom is 0.328 e. The van der Waals surface area contributed by atoms with Gasteiger partial charge in [-0.1, -0.05) is 0 Å². The highest BCUT2D eigenvalue weighted by atomic mass is 16.4. The number of amides is 5. The van der Waals surface area contributed by atoms with E-state index < -0.39 is 78.6 Å². The lowest BCUT2D eigenvalue weighted by atomic mass is 10.1. The second-order valence-corrected chi connectivity index (χ2v) is 7.42. The van der Waals surface area contributed by atoms with Crippen molar-refractivity contribution in [2.24, 2.45) is 17.2 Å². The van der Waals surface area contributed by atoms with E-state index in [0.717, 1.165) is 6.92 Å². The number of nitrogens with two attached hydrogens (primary N) is 3. The number of carboxylic acid groups (broad SMARTS) is 1. The normalized spacial score (nSPS) is 15.1. The molecular weight excluding hydrogens is 456 g/mol. The molecular formula is C18H28N8O8. The third-order valence-electron chi connectivity index (χ3n) is 4.45. The second-order valence-electron chi connectivity index (χ2n) is 7.42. The molecule has 0 saturated heterocycles. The zero-order chi connectivity index (χ0) is 26.0. The molecule has 0 radical (unpaired) electrons. The Morgan fingerprint density at radius 2 is 1.53 bits per heavy atom. The van der Waals surface area contributed by atoms with Crippen LogP contribution in [0.4, 0.5) is 0 Å². The first-order valence-electron chi connectivity index (χ1n) is 9.93. The van der Waals surface area contributed by atoms with Crippen LogP contribution in [0.1, 0.15) is 25.5 Å². The summed E-state index contributed by atoms with van der Waals surface area (Å²) in [7, 11) is 0. The molecule has 0 aliphatic heterocycles. The quantitative estimate of drug-likeness (QED) is 0.121. The summed E-state index contributed by atoms with van der Waals surface area (Å²) in [6.45, 7) is 1.15. The number of aromatic nitrogens is 2. The fraction of sp³-hybridized carbons (Fsp3) is 0.500. The smallest absolute Gasteiger partial charge is 0.328 e. The molecule has 0 saturated carbocycles. The van der Waals surface area contributed by atoms with E-state index in [1.54, 1.807) is 0 Å². The van der Waals surface area contributed by atoms with Gasteiger partial charge in [-0.3, -0.25) is 24.0 Å². The molecule has 1 aromatic heterocycles. The molecule has 0 aliphatic rings. The van der Waals surface area contributed by atoms with Crippen LogP contribution in [0.3, 0.4) is 0 Å². The fourth-order valence-corrected chi connectivity index (χ4v) is 2.74. The maximum atomic E-state index is 12.8. The van der Waals surface area contributed by atoms with Crippen LogP contribution in [0.15, 0.2) is 12.5 Å². The number of hydrogen-bond donors (Lipinski definition) is 9. The van der Waals surface area contributed by atoms with Crippen LogP contribution in [0.25, 0.3) is 0 Å². The average Bonchev–Trinajstić information content (AvgIpc) is 3.22. The minimum Gasteiger partial charge on any atom is -0.480 e. The summed E-state index contributed by atoms with van der Waals surface area (Å²) in [6.07, 6.45) is -0.206. The molecule has 1 heterocycles. The first kappa shape index (κ1) is 28.0. The minimum atomic E-state index is -1.68. The number of carbonyl (C=O) groups is 6. The number of aliphatic carboxylic acids is 1. The molecule has 0 bridgehead atoms. The van der Waals surface area contributed by atoms with Crippen LogP contribution in [-0.2, 0) is 35.2 Å². The van der Waals surface area contributed by atoms with Crippen molar-refractivity contribution in [1.82, 2.24) is 25.9 Å². The molecule has 16 heteroatoms. The number of imidazole rings is 1. The largest absolute Gasteiger partial charge is 0.480 e. The topological polar surface area (TPSA) is 286 Å². The molecule has 5 unspecified atom stereocenters. The first-order chi connectivity index (χ1) is 15.8. The minimum absolute atomic E-state index is 0.192. The van der Waals surface area contributed by atoms with Gasteiger partial charge in [-0.05, 0) is 6.92 Å². The number of aromatic amines is 1.